The summed E-state index contributed by atoms with van der Waals surface area (Å²) in [5, 5.41) is 1.99. The highest BCUT2D eigenvalue weighted by atomic mass is 32.1. The number of ketones is 1. The Kier molecular flexibility index (Phi) is 3.74. The second-order valence-electron chi connectivity index (χ2n) is 2.53. The average Bonchev–Trinajstić information content (AvgIpc) is 2.53. The molecule has 0 aliphatic heterocycles. The smallest absolute Gasteiger partial charge is 0.160 e. The molecule has 64 valence electrons. The highest BCUT2D eigenvalue weighted by molar-refractivity contribution is 7.10. The van der Waals surface area contributed by atoms with Crippen molar-refractivity contribution < 1.29 is 4.79 Å². The minimum absolute atomic E-state index is 0.194. The summed E-state index contributed by atoms with van der Waals surface area (Å²) in [6.45, 7) is 2.02. The summed E-state index contributed by atoms with van der Waals surface area (Å²) in [7, 11) is 0. The minimum Gasteiger partial charge on any atom is -0.294 e. The summed E-state index contributed by atoms with van der Waals surface area (Å²) in [4.78, 5) is 12.3. The number of carbonyl (C=O) groups is 1. The van der Waals surface area contributed by atoms with Crippen LogP contribution in [0.5, 0.6) is 0 Å². The fraction of sp³-hybridized carbons (Fsp3) is 0.300. The second-order valence-corrected chi connectivity index (χ2v) is 3.57. The fourth-order valence-corrected chi connectivity index (χ4v) is 1.61. The van der Waals surface area contributed by atoms with Crippen molar-refractivity contribution >= 4 is 17.1 Å². The van der Waals surface area contributed by atoms with Crippen molar-refractivity contribution in [2.75, 3.05) is 0 Å². The van der Waals surface area contributed by atoms with Gasteiger partial charge in [0.2, 0.25) is 0 Å². The third kappa shape index (κ3) is 3.01. The van der Waals surface area contributed by atoms with Crippen molar-refractivity contribution in [3.05, 3.63) is 34.5 Å². The van der Waals surface area contributed by atoms with Gasteiger partial charge in [0.15, 0.2) is 5.78 Å². The van der Waals surface area contributed by atoms with Crippen molar-refractivity contribution in [2.45, 2.75) is 19.8 Å². The van der Waals surface area contributed by atoms with Crippen LogP contribution in [-0.4, -0.2) is 5.78 Å². The minimum atomic E-state index is 0.194. The topological polar surface area (TPSA) is 17.1 Å². The zero-order valence-corrected chi connectivity index (χ0v) is 7.93. The van der Waals surface area contributed by atoms with E-state index in [0.29, 0.717) is 6.42 Å². The predicted octanol–water partition coefficient (Wildman–Crippen LogP) is 2.83. The van der Waals surface area contributed by atoms with Crippen molar-refractivity contribution in [1.29, 1.82) is 0 Å². The molecular weight excluding hydrogens is 168 g/mol. The van der Waals surface area contributed by atoms with Gasteiger partial charge in [0.25, 0.3) is 0 Å². The van der Waals surface area contributed by atoms with E-state index in [4.69, 9.17) is 0 Å². The Balaban J connectivity index is 2.42. The molecule has 0 fully saturated rings. The quantitative estimate of drug-likeness (QED) is 0.651. The van der Waals surface area contributed by atoms with Crippen LogP contribution in [0, 0.1) is 0 Å². The fourth-order valence-electron chi connectivity index (χ4n) is 0.893. The zero-order chi connectivity index (χ0) is 8.81. The molecule has 1 nitrogen and oxygen atoms in total. The van der Waals surface area contributed by atoms with Crippen LogP contribution in [0.2, 0.25) is 0 Å². The van der Waals surface area contributed by atoms with Crippen LogP contribution in [0.25, 0.3) is 0 Å². The van der Waals surface area contributed by atoms with E-state index in [-0.39, 0.29) is 5.78 Å². The standard InChI is InChI=1S/C10H12OS/c1-2-3-5-9(11)8-10-6-4-7-12-10/h3-7H,2,8H2,1H3/b5-3+. The van der Waals surface area contributed by atoms with Crippen LogP contribution in [0.1, 0.15) is 18.2 Å². The molecule has 0 radical (unpaired) electrons. The molecular formula is C10H12OS. The van der Waals surface area contributed by atoms with Crippen LogP contribution in [0.3, 0.4) is 0 Å². The lowest BCUT2D eigenvalue weighted by Gasteiger charge is -1.89. The van der Waals surface area contributed by atoms with Crippen LogP contribution in [0.15, 0.2) is 29.7 Å². The van der Waals surface area contributed by atoms with E-state index in [0.717, 1.165) is 11.3 Å². The third-order valence-corrected chi connectivity index (χ3v) is 2.34. The van der Waals surface area contributed by atoms with E-state index in [1.165, 1.54) is 0 Å². The van der Waals surface area contributed by atoms with Crippen LogP contribution < -0.4 is 0 Å². The first-order chi connectivity index (χ1) is 5.83. The highest BCUT2D eigenvalue weighted by Gasteiger charge is 1.98. The molecule has 0 N–H and O–H groups in total. The van der Waals surface area contributed by atoms with E-state index in [9.17, 15) is 4.79 Å². The Bertz CT molecular complexity index is 259. The van der Waals surface area contributed by atoms with Gasteiger partial charge >= 0.3 is 0 Å². The lowest BCUT2D eigenvalue weighted by molar-refractivity contribution is -0.114. The van der Waals surface area contributed by atoms with Gasteiger partial charge in [-0.15, -0.1) is 11.3 Å². The average molecular weight is 180 g/mol. The molecule has 0 aliphatic carbocycles. The maximum absolute atomic E-state index is 11.2. The molecule has 12 heavy (non-hydrogen) atoms. The van der Waals surface area contributed by atoms with Gasteiger partial charge in [-0.25, -0.2) is 0 Å². The summed E-state index contributed by atoms with van der Waals surface area (Å²) >= 11 is 1.63. The lowest BCUT2D eigenvalue weighted by Crippen LogP contribution is -1.95. The maximum Gasteiger partial charge on any atom is 0.160 e. The number of allylic oxidation sites excluding steroid dienone is 2. The van der Waals surface area contributed by atoms with E-state index in [1.54, 1.807) is 17.4 Å². The Morgan fingerprint density at radius 3 is 3.08 bits per heavy atom. The summed E-state index contributed by atoms with van der Waals surface area (Å²) in [5.41, 5.74) is 0. The van der Waals surface area contributed by atoms with Gasteiger partial charge in [0.05, 0.1) is 0 Å². The Morgan fingerprint density at radius 1 is 1.67 bits per heavy atom. The van der Waals surface area contributed by atoms with E-state index >= 15 is 0 Å². The normalized spacial score (nSPS) is 10.8. The largest absolute Gasteiger partial charge is 0.294 e. The van der Waals surface area contributed by atoms with E-state index in [1.807, 2.05) is 30.5 Å². The Morgan fingerprint density at radius 2 is 2.50 bits per heavy atom. The summed E-state index contributed by atoms with van der Waals surface area (Å²) in [5.74, 6) is 0.194. The Labute approximate surface area is 76.7 Å². The predicted molar refractivity (Wildman–Crippen MR) is 52.5 cm³/mol. The molecule has 0 bridgehead atoms. The number of hydrogen-bond donors (Lipinski definition) is 0. The molecule has 1 aromatic rings. The molecule has 0 amide bonds. The SMILES string of the molecule is CC/C=C/C(=O)Cc1cccs1. The van der Waals surface area contributed by atoms with Crippen molar-refractivity contribution in [3.8, 4) is 0 Å². The van der Waals surface area contributed by atoms with Gasteiger partial charge in [0.1, 0.15) is 0 Å². The molecule has 2 heteroatoms. The summed E-state index contributed by atoms with van der Waals surface area (Å²) in [6, 6.07) is 3.96. The first-order valence-corrected chi connectivity index (χ1v) is 4.92. The molecule has 1 rings (SSSR count). The van der Waals surface area contributed by atoms with Gasteiger partial charge in [-0.1, -0.05) is 19.1 Å². The first-order valence-electron chi connectivity index (χ1n) is 4.04. The van der Waals surface area contributed by atoms with Gasteiger partial charge in [0, 0.05) is 11.3 Å². The van der Waals surface area contributed by atoms with Gasteiger partial charge < -0.3 is 0 Å². The van der Waals surface area contributed by atoms with Crippen molar-refractivity contribution in [2.24, 2.45) is 0 Å². The molecule has 0 aromatic carbocycles. The van der Waals surface area contributed by atoms with Crippen LogP contribution in [-0.2, 0) is 11.2 Å². The van der Waals surface area contributed by atoms with Crippen LogP contribution in [0.4, 0.5) is 0 Å². The summed E-state index contributed by atoms with van der Waals surface area (Å²) < 4.78 is 0. The van der Waals surface area contributed by atoms with Crippen LogP contribution >= 0.6 is 11.3 Å². The maximum atomic E-state index is 11.2. The number of rotatable bonds is 4. The number of hydrogen-bond acceptors (Lipinski definition) is 2. The Hall–Kier alpha value is -0.890. The molecule has 0 atom stereocenters. The third-order valence-electron chi connectivity index (χ3n) is 1.47. The molecule has 0 saturated carbocycles. The van der Waals surface area contributed by atoms with Crippen molar-refractivity contribution in [3.63, 3.8) is 0 Å². The molecule has 0 unspecified atom stereocenters. The zero-order valence-electron chi connectivity index (χ0n) is 7.12. The molecule has 0 aliphatic rings. The van der Waals surface area contributed by atoms with Gasteiger partial charge in [-0.3, -0.25) is 4.79 Å². The molecule has 1 heterocycles. The monoisotopic (exact) mass is 180 g/mol. The highest BCUT2D eigenvalue weighted by Crippen LogP contribution is 2.09. The molecule has 1 aromatic heterocycles. The first kappa shape index (κ1) is 9.20. The van der Waals surface area contributed by atoms with E-state index < -0.39 is 0 Å². The number of carbonyl (C=O) groups excluding carboxylic acids is 1. The summed E-state index contributed by atoms with van der Waals surface area (Å²) in [6.07, 6.45) is 5.04. The van der Waals surface area contributed by atoms with Crippen molar-refractivity contribution in [1.82, 2.24) is 0 Å². The second kappa shape index (κ2) is 4.88. The van der Waals surface area contributed by atoms with Gasteiger partial charge in [-0.05, 0) is 23.9 Å². The molecule has 0 saturated heterocycles. The number of thiophene rings is 1. The van der Waals surface area contributed by atoms with E-state index in [2.05, 4.69) is 0 Å². The molecule has 0 spiro atoms. The van der Waals surface area contributed by atoms with Gasteiger partial charge in [-0.2, -0.15) is 0 Å². The lowest BCUT2D eigenvalue weighted by atomic mass is 10.2.